The molecule has 66 valence electrons. The third-order valence-corrected chi connectivity index (χ3v) is 1.74. The highest BCUT2D eigenvalue weighted by atomic mass is 16.5. The van der Waals surface area contributed by atoms with E-state index in [1.165, 1.54) is 7.11 Å². The molecule has 1 atom stereocenters. The first kappa shape index (κ1) is 9.34. The molecule has 1 aromatic carbocycles. The van der Waals surface area contributed by atoms with E-state index in [0.29, 0.717) is 0 Å². The lowest BCUT2D eigenvalue weighted by Crippen LogP contribution is -2.12. The van der Waals surface area contributed by atoms with Crippen molar-refractivity contribution in [2.45, 2.75) is 5.92 Å². The molecular formula is C11H10O2. The van der Waals surface area contributed by atoms with E-state index in [9.17, 15) is 4.79 Å². The van der Waals surface area contributed by atoms with Crippen molar-refractivity contribution in [3.05, 3.63) is 35.9 Å². The van der Waals surface area contributed by atoms with Crippen molar-refractivity contribution in [1.29, 1.82) is 0 Å². The van der Waals surface area contributed by atoms with Gasteiger partial charge in [-0.25, -0.2) is 0 Å². The van der Waals surface area contributed by atoms with Gasteiger partial charge in [-0.1, -0.05) is 36.3 Å². The molecule has 0 amide bonds. The Labute approximate surface area is 77.5 Å². The highest BCUT2D eigenvalue weighted by molar-refractivity contribution is 5.81. The van der Waals surface area contributed by atoms with Crippen LogP contribution >= 0.6 is 0 Å². The van der Waals surface area contributed by atoms with Crippen LogP contribution < -0.4 is 0 Å². The van der Waals surface area contributed by atoms with Crippen molar-refractivity contribution in [3.8, 4) is 12.3 Å². The fourth-order valence-electron chi connectivity index (χ4n) is 1.06. The van der Waals surface area contributed by atoms with Crippen LogP contribution in [0.1, 0.15) is 11.5 Å². The molecule has 2 heteroatoms. The molecule has 0 aromatic heterocycles. The van der Waals surface area contributed by atoms with Gasteiger partial charge >= 0.3 is 5.97 Å². The van der Waals surface area contributed by atoms with E-state index in [1.807, 2.05) is 18.2 Å². The molecule has 0 aliphatic heterocycles. The predicted octanol–water partition coefficient (Wildman–Crippen LogP) is 1.58. The lowest BCUT2D eigenvalue weighted by atomic mass is 10.0. The van der Waals surface area contributed by atoms with E-state index in [4.69, 9.17) is 6.42 Å². The fraction of sp³-hybridized carbons (Fsp3) is 0.182. The average molecular weight is 174 g/mol. The van der Waals surface area contributed by atoms with Crippen molar-refractivity contribution >= 4 is 5.97 Å². The highest BCUT2D eigenvalue weighted by Gasteiger charge is 2.17. The number of terminal acetylenes is 1. The molecule has 1 aromatic rings. The summed E-state index contributed by atoms with van der Waals surface area (Å²) in [5.74, 6) is 1.41. The van der Waals surface area contributed by atoms with Gasteiger partial charge < -0.3 is 4.74 Å². The maximum absolute atomic E-state index is 11.2. The van der Waals surface area contributed by atoms with Crippen LogP contribution in [0.25, 0.3) is 0 Å². The molecule has 0 spiro atoms. The van der Waals surface area contributed by atoms with Crippen LogP contribution in [-0.4, -0.2) is 13.1 Å². The second-order valence-electron chi connectivity index (χ2n) is 2.53. The number of carbonyl (C=O) groups is 1. The van der Waals surface area contributed by atoms with Crippen molar-refractivity contribution in [2.24, 2.45) is 0 Å². The number of hydrogen-bond acceptors (Lipinski definition) is 2. The summed E-state index contributed by atoms with van der Waals surface area (Å²) >= 11 is 0. The first-order valence-electron chi connectivity index (χ1n) is 3.88. The van der Waals surface area contributed by atoms with Crippen molar-refractivity contribution in [1.82, 2.24) is 0 Å². The molecule has 0 heterocycles. The summed E-state index contributed by atoms with van der Waals surface area (Å²) in [6, 6.07) is 9.16. The van der Waals surface area contributed by atoms with E-state index in [-0.39, 0.29) is 0 Å². The second kappa shape index (κ2) is 4.32. The van der Waals surface area contributed by atoms with Gasteiger partial charge in [0.2, 0.25) is 0 Å². The quantitative estimate of drug-likeness (QED) is 0.502. The van der Waals surface area contributed by atoms with Gasteiger partial charge in [-0.3, -0.25) is 4.79 Å². The topological polar surface area (TPSA) is 26.3 Å². The summed E-state index contributed by atoms with van der Waals surface area (Å²) in [6.45, 7) is 0. The normalized spacial score (nSPS) is 11.4. The maximum atomic E-state index is 11.2. The first-order valence-corrected chi connectivity index (χ1v) is 3.88. The monoisotopic (exact) mass is 174 g/mol. The number of benzene rings is 1. The van der Waals surface area contributed by atoms with Crippen LogP contribution in [0.2, 0.25) is 0 Å². The van der Waals surface area contributed by atoms with Gasteiger partial charge in [0.15, 0.2) is 0 Å². The fourth-order valence-corrected chi connectivity index (χ4v) is 1.06. The minimum absolute atomic E-state index is 0.395. The summed E-state index contributed by atoms with van der Waals surface area (Å²) < 4.78 is 4.58. The van der Waals surface area contributed by atoms with Crippen LogP contribution in [0.4, 0.5) is 0 Å². The van der Waals surface area contributed by atoms with E-state index < -0.39 is 11.9 Å². The van der Waals surface area contributed by atoms with Crippen molar-refractivity contribution < 1.29 is 9.53 Å². The first-order chi connectivity index (χ1) is 6.29. The Bertz CT molecular complexity index is 322. The molecule has 13 heavy (non-hydrogen) atoms. The third-order valence-electron chi connectivity index (χ3n) is 1.74. The average Bonchev–Trinajstić information content (AvgIpc) is 2.20. The lowest BCUT2D eigenvalue weighted by molar-refractivity contribution is -0.140. The van der Waals surface area contributed by atoms with E-state index in [2.05, 4.69) is 10.7 Å². The lowest BCUT2D eigenvalue weighted by Gasteiger charge is -2.07. The van der Waals surface area contributed by atoms with Gasteiger partial charge in [0.25, 0.3) is 0 Å². The van der Waals surface area contributed by atoms with Crippen LogP contribution in [0, 0.1) is 12.3 Å². The smallest absolute Gasteiger partial charge is 0.325 e. The van der Waals surface area contributed by atoms with Crippen molar-refractivity contribution in [3.63, 3.8) is 0 Å². The van der Waals surface area contributed by atoms with E-state index >= 15 is 0 Å². The van der Waals surface area contributed by atoms with Gasteiger partial charge in [0.05, 0.1) is 7.11 Å². The summed E-state index contributed by atoms with van der Waals surface area (Å²) in [5, 5.41) is 0. The molecule has 0 saturated carbocycles. The van der Waals surface area contributed by atoms with Gasteiger partial charge in [-0.05, 0) is 5.56 Å². The molecule has 1 rings (SSSR count). The Morgan fingerprint density at radius 3 is 2.54 bits per heavy atom. The minimum Gasteiger partial charge on any atom is -0.468 e. The zero-order chi connectivity index (χ0) is 9.68. The molecular weight excluding hydrogens is 164 g/mol. The number of rotatable bonds is 2. The van der Waals surface area contributed by atoms with Gasteiger partial charge in [0.1, 0.15) is 5.92 Å². The molecule has 0 N–H and O–H groups in total. The molecule has 0 fully saturated rings. The zero-order valence-electron chi connectivity index (χ0n) is 7.36. The number of methoxy groups -OCH3 is 1. The molecule has 0 aliphatic carbocycles. The number of carbonyl (C=O) groups excluding carboxylic acids is 1. The summed E-state index contributed by atoms with van der Waals surface area (Å²) in [7, 11) is 1.33. The Kier molecular flexibility index (Phi) is 3.10. The molecule has 0 radical (unpaired) electrons. The molecule has 1 unspecified atom stereocenters. The standard InChI is InChI=1S/C11H10O2/c1-3-10(11(12)13-2)9-7-5-4-6-8-9/h1,4-8,10H,2H3. The maximum Gasteiger partial charge on any atom is 0.325 e. The molecule has 0 bridgehead atoms. The van der Waals surface area contributed by atoms with E-state index in [1.54, 1.807) is 12.1 Å². The summed E-state index contributed by atoms with van der Waals surface area (Å²) in [4.78, 5) is 11.2. The molecule has 0 aliphatic rings. The number of hydrogen-bond donors (Lipinski definition) is 0. The van der Waals surface area contributed by atoms with Gasteiger partial charge in [0, 0.05) is 0 Å². The second-order valence-corrected chi connectivity index (χ2v) is 2.53. The molecule has 0 saturated heterocycles. The van der Waals surface area contributed by atoms with Gasteiger partial charge in [-0.15, -0.1) is 6.42 Å². The Morgan fingerprint density at radius 2 is 2.08 bits per heavy atom. The minimum atomic E-state index is -0.591. The summed E-state index contributed by atoms with van der Waals surface area (Å²) in [5.41, 5.74) is 0.789. The van der Waals surface area contributed by atoms with Crippen LogP contribution in [0.5, 0.6) is 0 Å². The Hall–Kier alpha value is -1.75. The van der Waals surface area contributed by atoms with Gasteiger partial charge in [-0.2, -0.15) is 0 Å². The Balaban J connectivity index is 2.93. The van der Waals surface area contributed by atoms with Crippen LogP contribution in [0.3, 0.4) is 0 Å². The third kappa shape index (κ3) is 2.09. The van der Waals surface area contributed by atoms with Crippen LogP contribution in [0.15, 0.2) is 30.3 Å². The SMILES string of the molecule is C#CC(C(=O)OC)c1ccccc1. The zero-order valence-corrected chi connectivity index (χ0v) is 7.36. The van der Waals surface area contributed by atoms with Crippen LogP contribution in [-0.2, 0) is 9.53 Å². The molecule has 2 nitrogen and oxygen atoms in total. The highest BCUT2D eigenvalue weighted by Crippen LogP contribution is 2.15. The summed E-state index contributed by atoms with van der Waals surface area (Å²) in [6.07, 6.45) is 5.23. The Morgan fingerprint density at radius 1 is 1.46 bits per heavy atom. The van der Waals surface area contributed by atoms with E-state index in [0.717, 1.165) is 5.56 Å². The predicted molar refractivity (Wildman–Crippen MR) is 50.0 cm³/mol. The largest absolute Gasteiger partial charge is 0.468 e. The van der Waals surface area contributed by atoms with Crippen molar-refractivity contribution in [2.75, 3.05) is 7.11 Å². The number of esters is 1. The number of ether oxygens (including phenoxy) is 1.